The molecule has 6 nitrogen and oxygen atoms in total. The van der Waals surface area contributed by atoms with E-state index < -0.39 is 29.5 Å². The lowest BCUT2D eigenvalue weighted by Crippen LogP contribution is -2.47. The number of hydrogen-bond donors (Lipinski definition) is 2. The summed E-state index contributed by atoms with van der Waals surface area (Å²) in [5.41, 5.74) is 0.574. The predicted molar refractivity (Wildman–Crippen MR) is 120 cm³/mol. The van der Waals surface area contributed by atoms with E-state index in [-0.39, 0.29) is 29.4 Å². The van der Waals surface area contributed by atoms with Crippen molar-refractivity contribution in [3.8, 4) is 0 Å². The van der Waals surface area contributed by atoms with Crippen molar-refractivity contribution < 1.29 is 23.1 Å². The molecule has 2 aromatic carbocycles. The Morgan fingerprint density at radius 2 is 1.69 bits per heavy atom. The van der Waals surface area contributed by atoms with E-state index in [0.29, 0.717) is 18.8 Å². The summed E-state index contributed by atoms with van der Waals surface area (Å²) >= 11 is 0. The van der Waals surface area contributed by atoms with Gasteiger partial charge in [0.05, 0.1) is 23.5 Å². The van der Waals surface area contributed by atoms with Crippen LogP contribution in [0.15, 0.2) is 42.5 Å². The molecule has 0 aliphatic carbocycles. The average molecular weight is 446 g/mol. The van der Waals surface area contributed by atoms with Gasteiger partial charge < -0.3 is 20.3 Å². The van der Waals surface area contributed by atoms with Crippen molar-refractivity contribution in [1.82, 2.24) is 5.32 Å². The monoisotopic (exact) mass is 445 g/mol. The topological polar surface area (TPSA) is 70.7 Å². The van der Waals surface area contributed by atoms with Gasteiger partial charge in [-0.1, -0.05) is 26.0 Å². The summed E-state index contributed by atoms with van der Waals surface area (Å²) in [7, 11) is 0. The fourth-order valence-corrected chi connectivity index (χ4v) is 3.84. The fraction of sp³-hybridized carbons (Fsp3) is 0.417. The summed E-state index contributed by atoms with van der Waals surface area (Å²) in [6.45, 7) is 8.55. The van der Waals surface area contributed by atoms with E-state index in [2.05, 4.69) is 10.6 Å². The molecule has 0 aromatic heterocycles. The van der Waals surface area contributed by atoms with Crippen molar-refractivity contribution in [3.63, 3.8) is 0 Å². The van der Waals surface area contributed by atoms with E-state index in [1.165, 1.54) is 24.3 Å². The minimum absolute atomic E-state index is 0.0117. The van der Waals surface area contributed by atoms with Gasteiger partial charge in [0.25, 0.3) is 5.91 Å². The number of benzene rings is 2. The molecule has 1 heterocycles. The summed E-state index contributed by atoms with van der Waals surface area (Å²) in [6, 6.07) is 9.13. The first-order chi connectivity index (χ1) is 15.2. The highest BCUT2D eigenvalue weighted by atomic mass is 19.1. The molecule has 0 saturated carbocycles. The quantitative estimate of drug-likeness (QED) is 0.706. The Kier molecular flexibility index (Phi) is 7.45. The molecule has 1 aliphatic rings. The third-order valence-corrected chi connectivity index (χ3v) is 5.33. The van der Waals surface area contributed by atoms with Crippen molar-refractivity contribution >= 4 is 23.2 Å². The Morgan fingerprint density at radius 3 is 2.28 bits per heavy atom. The van der Waals surface area contributed by atoms with E-state index in [9.17, 15) is 18.4 Å². The van der Waals surface area contributed by atoms with E-state index in [0.717, 1.165) is 0 Å². The zero-order valence-corrected chi connectivity index (χ0v) is 18.7. The maximum absolute atomic E-state index is 14.8. The Morgan fingerprint density at radius 1 is 1.03 bits per heavy atom. The van der Waals surface area contributed by atoms with Gasteiger partial charge in [-0.25, -0.2) is 8.78 Å². The number of halogens is 2. The van der Waals surface area contributed by atoms with E-state index >= 15 is 0 Å². The smallest absolute Gasteiger partial charge is 0.254 e. The van der Waals surface area contributed by atoms with Gasteiger partial charge in [0.2, 0.25) is 5.91 Å². The molecule has 0 bridgehead atoms. The Hall–Kier alpha value is -3.00. The van der Waals surface area contributed by atoms with Crippen LogP contribution in [0, 0.1) is 17.6 Å². The molecular weight excluding hydrogens is 416 g/mol. The maximum atomic E-state index is 14.8. The molecular formula is C24H29F2N3O3. The van der Waals surface area contributed by atoms with Gasteiger partial charge in [0, 0.05) is 18.8 Å². The Bertz CT molecular complexity index is 973. The van der Waals surface area contributed by atoms with Crippen molar-refractivity contribution in [1.29, 1.82) is 0 Å². The molecule has 32 heavy (non-hydrogen) atoms. The van der Waals surface area contributed by atoms with Crippen LogP contribution in [0.3, 0.4) is 0 Å². The predicted octanol–water partition coefficient (Wildman–Crippen LogP) is 3.97. The number of nitrogens with one attached hydrogen (secondary N) is 2. The molecule has 3 rings (SSSR count). The SMILES string of the molecule is CC1CN(c2ccc(NC(=O)C(NC(=O)c3ccccc3F)C(C)C)cc2F)CC(C)O1. The number of anilines is 2. The molecule has 3 unspecified atom stereocenters. The zero-order chi connectivity index (χ0) is 23.4. The highest BCUT2D eigenvalue weighted by molar-refractivity contribution is 6.01. The van der Waals surface area contributed by atoms with Gasteiger partial charge in [-0.2, -0.15) is 0 Å². The summed E-state index contributed by atoms with van der Waals surface area (Å²) in [6.07, 6.45) is -0.0233. The van der Waals surface area contributed by atoms with Crippen molar-refractivity contribution in [3.05, 3.63) is 59.7 Å². The molecule has 3 atom stereocenters. The molecule has 1 saturated heterocycles. The minimum atomic E-state index is -0.925. The lowest BCUT2D eigenvalue weighted by molar-refractivity contribution is -0.118. The van der Waals surface area contributed by atoms with Gasteiger partial charge in [0.1, 0.15) is 17.7 Å². The van der Waals surface area contributed by atoms with Crippen LogP contribution in [0.4, 0.5) is 20.2 Å². The molecule has 2 amide bonds. The zero-order valence-electron chi connectivity index (χ0n) is 18.7. The first kappa shape index (κ1) is 23.7. The van der Waals surface area contributed by atoms with Crippen LogP contribution in [-0.4, -0.2) is 43.2 Å². The van der Waals surface area contributed by atoms with Crippen molar-refractivity contribution in [2.24, 2.45) is 5.92 Å². The molecule has 0 radical (unpaired) electrons. The van der Waals surface area contributed by atoms with Crippen LogP contribution in [0.2, 0.25) is 0 Å². The van der Waals surface area contributed by atoms with Gasteiger partial charge in [-0.15, -0.1) is 0 Å². The van der Waals surface area contributed by atoms with Gasteiger partial charge in [0.15, 0.2) is 0 Å². The van der Waals surface area contributed by atoms with Crippen LogP contribution < -0.4 is 15.5 Å². The van der Waals surface area contributed by atoms with Gasteiger partial charge >= 0.3 is 0 Å². The van der Waals surface area contributed by atoms with E-state index in [4.69, 9.17) is 4.74 Å². The van der Waals surface area contributed by atoms with Crippen molar-refractivity contribution in [2.75, 3.05) is 23.3 Å². The number of nitrogens with zero attached hydrogens (tertiary/aromatic N) is 1. The van der Waals surface area contributed by atoms with E-state index in [1.54, 1.807) is 32.0 Å². The number of hydrogen-bond acceptors (Lipinski definition) is 4. The third-order valence-electron chi connectivity index (χ3n) is 5.33. The van der Waals surface area contributed by atoms with Crippen LogP contribution in [-0.2, 0) is 9.53 Å². The second-order valence-electron chi connectivity index (χ2n) is 8.49. The number of amides is 2. The normalized spacial score (nSPS) is 19.5. The van der Waals surface area contributed by atoms with Gasteiger partial charge in [-0.3, -0.25) is 9.59 Å². The van der Waals surface area contributed by atoms with Crippen LogP contribution >= 0.6 is 0 Å². The van der Waals surface area contributed by atoms with Crippen LogP contribution in [0.25, 0.3) is 0 Å². The number of ether oxygens (including phenoxy) is 1. The lowest BCUT2D eigenvalue weighted by Gasteiger charge is -2.37. The Balaban J connectivity index is 1.71. The van der Waals surface area contributed by atoms with Crippen LogP contribution in [0.5, 0.6) is 0 Å². The first-order valence-corrected chi connectivity index (χ1v) is 10.7. The van der Waals surface area contributed by atoms with Crippen LogP contribution in [0.1, 0.15) is 38.1 Å². The Labute approximate surface area is 186 Å². The average Bonchev–Trinajstić information content (AvgIpc) is 2.71. The molecule has 1 aliphatic heterocycles. The number of rotatable bonds is 6. The molecule has 8 heteroatoms. The number of carbonyl (C=O) groups excluding carboxylic acids is 2. The van der Waals surface area contributed by atoms with E-state index in [1.807, 2.05) is 18.7 Å². The largest absolute Gasteiger partial charge is 0.372 e. The second kappa shape index (κ2) is 10.1. The molecule has 2 aromatic rings. The minimum Gasteiger partial charge on any atom is -0.372 e. The highest BCUT2D eigenvalue weighted by Gasteiger charge is 2.27. The first-order valence-electron chi connectivity index (χ1n) is 10.7. The molecule has 172 valence electrons. The van der Waals surface area contributed by atoms with Crippen molar-refractivity contribution in [2.45, 2.75) is 45.9 Å². The number of carbonyl (C=O) groups is 2. The maximum Gasteiger partial charge on any atom is 0.254 e. The lowest BCUT2D eigenvalue weighted by atomic mass is 10.0. The summed E-state index contributed by atoms with van der Waals surface area (Å²) in [5.74, 6) is -2.59. The molecule has 2 N–H and O–H groups in total. The summed E-state index contributed by atoms with van der Waals surface area (Å²) in [4.78, 5) is 27.2. The molecule has 1 fully saturated rings. The standard InChI is InChI=1S/C24H29F2N3O3/c1-14(2)22(28-23(30)18-7-5-6-8-19(18)25)24(31)27-17-9-10-21(20(26)11-17)29-12-15(3)32-16(4)13-29/h5-11,14-16,22H,12-13H2,1-4H3,(H,27,31)(H,28,30). The molecule has 0 spiro atoms. The fourth-order valence-electron chi connectivity index (χ4n) is 3.84. The highest BCUT2D eigenvalue weighted by Crippen LogP contribution is 2.26. The number of morpholine rings is 1. The summed E-state index contributed by atoms with van der Waals surface area (Å²) in [5, 5.41) is 5.23. The third kappa shape index (κ3) is 5.62. The second-order valence-corrected chi connectivity index (χ2v) is 8.49. The summed E-state index contributed by atoms with van der Waals surface area (Å²) < 4.78 is 34.4. The van der Waals surface area contributed by atoms with Gasteiger partial charge in [-0.05, 0) is 50.1 Å².